The Balaban J connectivity index is 1.39. The topological polar surface area (TPSA) is 128 Å². The van der Waals surface area contributed by atoms with Crippen molar-refractivity contribution in [2.45, 2.75) is 34.3 Å². The SMILES string of the molecule is CCOc1nc2c(OCc3c(C)ccc(N(C)C(=O)CNC(=O)C=Cc4ccc(NC(C)=O)nc4)c3C)cccc2n1C. The zero-order valence-electron chi connectivity index (χ0n) is 25.2. The van der Waals surface area contributed by atoms with Crippen molar-refractivity contribution in [1.82, 2.24) is 19.9 Å². The predicted octanol–water partition coefficient (Wildman–Crippen LogP) is 4.31. The van der Waals surface area contributed by atoms with Gasteiger partial charge in [0.25, 0.3) is 6.01 Å². The van der Waals surface area contributed by atoms with Crippen molar-refractivity contribution in [3.05, 3.63) is 77.0 Å². The van der Waals surface area contributed by atoms with Gasteiger partial charge in [-0.15, -0.1) is 0 Å². The first-order chi connectivity index (χ1) is 20.6. The Hall–Kier alpha value is -5.19. The number of imidazole rings is 1. The van der Waals surface area contributed by atoms with Gasteiger partial charge in [0, 0.05) is 39.0 Å². The summed E-state index contributed by atoms with van der Waals surface area (Å²) >= 11 is 0. The molecule has 4 aromatic rings. The van der Waals surface area contributed by atoms with Crippen molar-refractivity contribution in [3.63, 3.8) is 0 Å². The molecule has 0 spiro atoms. The number of benzene rings is 2. The summed E-state index contributed by atoms with van der Waals surface area (Å²) in [6.45, 7) is 7.89. The first kappa shape index (κ1) is 30.8. The van der Waals surface area contributed by atoms with E-state index in [1.54, 1.807) is 25.3 Å². The molecule has 0 saturated heterocycles. The standard InChI is InChI=1S/C32H36N6O5/c1-7-42-32-36-31-26(38(32)6)9-8-10-27(31)43-19-24-20(2)11-14-25(21(24)3)37(5)30(41)18-34-29(40)16-13-23-12-15-28(33-17-23)35-22(4)39/h8-17H,7,18-19H2,1-6H3,(H,34,40)(H,33,35,39). The van der Waals surface area contributed by atoms with Gasteiger partial charge in [-0.3, -0.25) is 19.0 Å². The van der Waals surface area contributed by atoms with Crippen molar-refractivity contribution >= 4 is 46.3 Å². The van der Waals surface area contributed by atoms with Crippen molar-refractivity contribution in [3.8, 4) is 11.8 Å². The lowest BCUT2D eigenvalue weighted by Crippen LogP contribution is -2.38. The molecule has 0 bridgehead atoms. The van der Waals surface area contributed by atoms with E-state index >= 15 is 0 Å². The molecule has 0 aliphatic heterocycles. The number of aromatic nitrogens is 3. The molecule has 0 aliphatic rings. The lowest BCUT2D eigenvalue weighted by Gasteiger charge is -2.23. The van der Waals surface area contributed by atoms with Crippen LogP contribution in [0.2, 0.25) is 0 Å². The lowest BCUT2D eigenvalue weighted by molar-refractivity contribution is -0.122. The Bertz CT molecular complexity index is 1680. The molecule has 2 aromatic carbocycles. The van der Waals surface area contributed by atoms with Gasteiger partial charge >= 0.3 is 0 Å². The maximum atomic E-state index is 13.0. The summed E-state index contributed by atoms with van der Waals surface area (Å²) in [5.41, 5.74) is 5.91. The number of aryl methyl sites for hydroxylation is 2. The minimum Gasteiger partial charge on any atom is -0.487 e. The summed E-state index contributed by atoms with van der Waals surface area (Å²) in [5, 5.41) is 5.21. The Labute approximate surface area is 250 Å². The highest BCUT2D eigenvalue weighted by molar-refractivity contribution is 5.99. The Kier molecular flexibility index (Phi) is 9.76. The van der Waals surface area contributed by atoms with Crippen LogP contribution in [0.25, 0.3) is 17.1 Å². The van der Waals surface area contributed by atoms with E-state index < -0.39 is 5.91 Å². The molecule has 11 nitrogen and oxygen atoms in total. The first-order valence-corrected chi connectivity index (χ1v) is 13.8. The third-order valence-electron chi connectivity index (χ3n) is 6.95. The molecule has 4 rings (SSSR count). The van der Waals surface area contributed by atoms with Gasteiger partial charge in [-0.25, -0.2) is 4.98 Å². The molecule has 0 saturated carbocycles. The van der Waals surface area contributed by atoms with Crippen LogP contribution in [0.15, 0.2) is 54.7 Å². The molecule has 0 atom stereocenters. The molecule has 0 aliphatic carbocycles. The molecule has 224 valence electrons. The van der Waals surface area contributed by atoms with Crippen LogP contribution in [0.3, 0.4) is 0 Å². The second-order valence-electron chi connectivity index (χ2n) is 9.97. The molecular weight excluding hydrogens is 548 g/mol. The largest absolute Gasteiger partial charge is 0.487 e. The highest BCUT2D eigenvalue weighted by Crippen LogP contribution is 2.31. The summed E-state index contributed by atoms with van der Waals surface area (Å²) in [7, 11) is 3.58. The highest BCUT2D eigenvalue weighted by atomic mass is 16.5. The third-order valence-corrected chi connectivity index (χ3v) is 6.95. The fraction of sp³-hybridized carbons (Fsp3) is 0.281. The van der Waals surface area contributed by atoms with E-state index in [1.165, 1.54) is 24.1 Å². The van der Waals surface area contributed by atoms with Crippen LogP contribution in [0.5, 0.6) is 11.8 Å². The number of rotatable bonds is 11. The number of hydrogen-bond donors (Lipinski definition) is 2. The van der Waals surface area contributed by atoms with Gasteiger partial charge in [0.15, 0.2) is 0 Å². The molecule has 2 N–H and O–H groups in total. The number of ether oxygens (including phenoxy) is 2. The number of nitrogens with zero attached hydrogens (tertiary/aromatic N) is 4. The number of fused-ring (bicyclic) bond motifs is 1. The summed E-state index contributed by atoms with van der Waals surface area (Å²) in [6, 6.07) is 13.5. The summed E-state index contributed by atoms with van der Waals surface area (Å²) in [4.78, 5) is 46.7. The van der Waals surface area contributed by atoms with Crippen LogP contribution < -0.4 is 25.0 Å². The summed E-state index contributed by atoms with van der Waals surface area (Å²) in [5.74, 6) is 0.154. The first-order valence-electron chi connectivity index (χ1n) is 13.8. The third kappa shape index (κ3) is 7.37. The zero-order chi connectivity index (χ0) is 31.1. The van der Waals surface area contributed by atoms with E-state index in [4.69, 9.17) is 9.47 Å². The van der Waals surface area contributed by atoms with Crippen LogP contribution in [0.1, 0.15) is 36.1 Å². The smallest absolute Gasteiger partial charge is 0.297 e. The van der Waals surface area contributed by atoms with Crippen molar-refractivity contribution in [2.24, 2.45) is 7.05 Å². The second-order valence-corrected chi connectivity index (χ2v) is 9.97. The number of para-hydroxylation sites is 1. The van der Waals surface area contributed by atoms with Crippen LogP contribution in [-0.2, 0) is 28.0 Å². The molecule has 43 heavy (non-hydrogen) atoms. The van der Waals surface area contributed by atoms with Gasteiger partial charge < -0.3 is 25.0 Å². The molecule has 0 unspecified atom stereocenters. The predicted molar refractivity (Wildman–Crippen MR) is 166 cm³/mol. The number of carbonyl (C=O) groups is 3. The van der Waals surface area contributed by atoms with Gasteiger partial charge in [0.1, 0.15) is 23.7 Å². The van der Waals surface area contributed by atoms with Crippen LogP contribution in [0.4, 0.5) is 11.5 Å². The maximum absolute atomic E-state index is 13.0. The number of likely N-dealkylation sites (N-methyl/N-ethyl adjacent to an activating group) is 1. The average Bonchev–Trinajstić information content (AvgIpc) is 3.30. The summed E-state index contributed by atoms with van der Waals surface area (Å²) in [6.07, 6.45) is 4.44. The Morgan fingerprint density at radius 3 is 2.56 bits per heavy atom. The molecular formula is C32H36N6O5. The fourth-order valence-corrected chi connectivity index (χ4v) is 4.56. The van der Waals surface area contributed by atoms with Crippen LogP contribution in [-0.4, -0.2) is 52.5 Å². The van der Waals surface area contributed by atoms with E-state index in [1.807, 2.05) is 62.7 Å². The second kappa shape index (κ2) is 13.6. The van der Waals surface area contributed by atoms with Gasteiger partial charge in [-0.05, 0) is 79.4 Å². The molecule has 2 heterocycles. The quantitative estimate of drug-likeness (QED) is 0.252. The van der Waals surface area contributed by atoms with Gasteiger partial charge in [-0.1, -0.05) is 12.1 Å². The lowest BCUT2D eigenvalue weighted by atomic mass is 10.0. The van der Waals surface area contributed by atoms with Crippen LogP contribution >= 0.6 is 0 Å². The molecule has 2 aromatic heterocycles. The Morgan fingerprint density at radius 1 is 1.07 bits per heavy atom. The van der Waals surface area contributed by atoms with Crippen molar-refractivity contribution in [1.29, 1.82) is 0 Å². The van der Waals surface area contributed by atoms with Gasteiger partial charge in [0.05, 0.1) is 18.7 Å². The van der Waals surface area contributed by atoms with E-state index in [2.05, 4.69) is 20.6 Å². The zero-order valence-corrected chi connectivity index (χ0v) is 25.2. The van der Waals surface area contributed by atoms with Crippen molar-refractivity contribution < 1.29 is 23.9 Å². The number of carbonyl (C=O) groups excluding carboxylic acids is 3. The summed E-state index contributed by atoms with van der Waals surface area (Å²) < 4.78 is 13.8. The minimum atomic E-state index is -0.418. The van der Waals surface area contributed by atoms with Gasteiger partial charge in [-0.2, -0.15) is 4.98 Å². The van der Waals surface area contributed by atoms with E-state index in [-0.39, 0.29) is 25.0 Å². The van der Waals surface area contributed by atoms with Gasteiger partial charge in [0.2, 0.25) is 17.7 Å². The minimum absolute atomic E-state index is 0.178. The number of hydrogen-bond acceptors (Lipinski definition) is 7. The van der Waals surface area contributed by atoms with Crippen LogP contribution in [0, 0.1) is 13.8 Å². The average molecular weight is 585 g/mol. The number of nitrogens with one attached hydrogen (secondary N) is 2. The molecule has 11 heteroatoms. The monoisotopic (exact) mass is 584 g/mol. The number of pyridine rings is 1. The van der Waals surface area contributed by atoms with E-state index in [9.17, 15) is 14.4 Å². The molecule has 0 radical (unpaired) electrons. The molecule has 0 fully saturated rings. The van der Waals surface area contributed by atoms with E-state index in [0.29, 0.717) is 29.7 Å². The van der Waals surface area contributed by atoms with E-state index in [0.717, 1.165) is 33.4 Å². The molecule has 3 amide bonds. The fourth-order valence-electron chi connectivity index (χ4n) is 4.56. The highest BCUT2D eigenvalue weighted by Gasteiger charge is 2.18. The maximum Gasteiger partial charge on any atom is 0.297 e. The number of amides is 3. The van der Waals surface area contributed by atoms with Crippen molar-refractivity contribution in [2.75, 3.05) is 30.4 Å². The Morgan fingerprint density at radius 2 is 1.86 bits per heavy atom. The normalized spacial score (nSPS) is 11.0. The number of anilines is 2.